The standard InChI is InChI=1S/C35H40N2O4S/c1-26-15-19-30(20-16-26)40-32-11-7-12-33(23-32)41-31-21-17-29(18-22-31)25-37(24-28-9-5-4-6-10-28)35-14-8-13-34(27(35)2)36-42(3,38)39/h4-14,17-18,21-23,26,30,36H,15-16,19-20,24-25H2,1-3H3. The fourth-order valence-electron chi connectivity index (χ4n) is 5.48. The first-order valence-corrected chi connectivity index (χ1v) is 16.5. The predicted octanol–water partition coefficient (Wildman–Crippen LogP) is 8.32. The van der Waals surface area contributed by atoms with Crippen LogP contribution < -0.4 is 19.1 Å². The number of hydrogen-bond donors (Lipinski definition) is 1. The smallest absolute Gasteiger partial charge is 0.229 e. The maximum Gasteiger partial charge on any atom is 0.229 e. The van der Waals surface area contributed by atoms with E-state index >= 15 is 0 Å². The zero-order chi connectivity index (χ0) is 29.5. The van der Waals surface area contributed by atoms with Crippen molar-refractivity contribution in [3.63, 3.8) is 0 Å². The van der Waals surface area contributed by atoms with E-state index in [0.717, 1.165) is 52.8 Å². The maximum absolute atomic E-state index is 12.0. The SMILES string of the molecule is Cc1c(NS(C)(=O)=O)cccc1N(Cc1ccccc1)Cc1ccc(Oc2cccc(OC3CCC(C)CC3)c2)cc1. The van der Waals surface area contributed by atoms with Crippen LogP contribution in [-0.2, 0) is 23.1 Å². The number of hydrogen-bond acceptors (Lipinski definition) is 5. The Hall–Kier alpha value is -3.97. The minimum Gasteiger partial charge on any atom is -0.490 e. The molecule has 1 aliphatic carbocycles. The molecule has 7 heteroatoms. The van der Waals surface area contributed by atoms with E-state index in [9.17, 15) is 8.42 Å². The van der Waals surface area contributed by atoms with Crippen molar-refractivity contribution in [2.75, 3.05) is 15.9 Å². The van der Waals surface area contributed by atoms with E-state index < -0.39 is 10.0 Å². The molecule has 0 unspecified atom stereocenters. The quantitative estimate of drug-likeness (QED) is 0.192. The van der Waals surface area contributed by atoms with Crippen molar-refractivity contribution in [1.82, 2.24) is 0 Å². The molecular weight excluding hydrogens is 544 g/mol. The summed E-state index contributed by atoms with van der Waals surface area (Å²) in [5, 5.41) is 0. The van der Waals surface area contributed by atoms with Crippen LogP contribution in [0, 0.1) is 12.8 Å². The second-order valence-corrected chi connectivity index (χ2v) is 13.1. The van der Waals surface area contributed by atoms with E-state index in [2.05, 4.69) is 40.8 Å². The number of ether oxygens (including phenoxy) is 2. The zero-order valence-corrected chi connectivity index (χ0v) is 25.4. The molecule has 5 rings (SSSR count). The van der Waals surface area contributed by atoms with Crippen LogP contribution in [0.4, 0.5) is 11.4 Å². The molecule has 0 saturated heterocycles. The van der Waals surface area contributed by atoms with Crippen LogP contribution in [0.25, 0.3) is 0 Å². The van der Waals surface area contributed by atoms with E-state index in [1.54, 1.807) is 6.07 Å². The molecule has 1 N–H and O–H groups in total. The van der Waals surface area contributed by atoms with Crippen molar-refractivity contribution in [3.05, 3.63) is 114 Å². The maximum atomic E-state index is 12.0. The van der Waals surface area contributed by atoms with Gasteiger partial charge in [-0.15, -0.1) is 0 Å². The van der Waals surface area contributed by atoms with Crippen molar-refractivity contribution >= 4 is 21.4 Å². The Bertz CT molecular complexity index is 1560. The summed E-state index contributed by atoms with van der Waals surface area (Å²) in [5.41, 5.74) is 4.72. The molecule has 4 aromatic carbocycles. The van der Waals surface area contributed by atoms with E-state index in [-0.39, 0.29) is 6.10 Å². The Morgan fingerprint density at radius 2 is 1.40 bits per heavy atom. The fraction of sp³-hybridized carbons (Fsp3) is 0.314. The number of nitrogens with one attached hydrogen (secondary N) is 1. The summed E-state index contributed by atoms with van der Waals surface area (Å²) in [7, 11) is -3.39. The number of benzene rings is 4. The lowest BCUT2D eigenvalue weighted by atomic mass is 9.89. The average molecular weight is 585 g/mol. The van der Waals surface area contributed by atoms with Crippen molar-refractivity contribution in [3.8, 4) is 17.2 Å². The van der Waals surface area contributed by atoms with Gasteiger partial charge in [0.15, 0.2) is 0 Å². The molecule has 1 aliphatic rings. The molecule has 6 nitrogen and oxygen atoms in total. The molecule has 0 amide bonds. The summed E-state index contributed by atoms with van der Waals surface area (Å²) in [5.74, 6) is 3.15. The van der Waals surface area contributed by atoms with Gasteiger partial charge < -0.3 is 14.4 Å². The van der Waals surface area contributed by atoms with Gasteiger partial charge in [0.05, 0.1) is 18.0 Å². The van der Waals surface area contributed by atoms with Crippen LogP contribution in [0.1, 0.15) is 49.3 Å². The molecule has 0 aliphatic heterocycles. The molecule has 4 aromatic rings. The van der Waals surface area contributed by atoms with Gasteiger partial charge in [-0.2, -0.15) is 0 Å². The van der Waals surface area contributed by atoms with Crippen LogP contribution in [0.5, 0.6) is 17.2 Å². The van der Waals surface area contributed by atoms with Gasteiger partial charge in [0.1, 0.15) is 17.2 Å². The van der Waals surface area contributed by atoms with Gasteiger partial charge in [-0.3, -0.25) is 4.72 Å². The Balaban J connectivity index is 1.30. The molecule has 0 heterocycles. The lowest BCUT2D eigenvalue weighted by molar-refractivity contribution is 0.135. The van der Waals surface area contributed by atoms with Crippen LogP contribution in [0.15, 0.2) is 97.1 Å². The number of nitrogens with zero attached hydrogens (tertiary/aromatic N) is 1. The van der Waals surface area contributed by atoms with E-state index in [1.807, 2.05) is 73.7 Å². The molecule has 0 atom stereocenters. The Morgan fingerprint density at radius 1 is 0.762 bits per heavy atom. The highest BCUT2D eigenvalue weighted by Crippen LogP contribution is 2.32. The van der Waals surface area contributed by atoms with E-state index in [4.69, 9.17) is 9.47 Å². The second kappa shape index (κ2) is 13.3. The largest absolute Gasteiger partial charge is 0.490 e. The Kier molecular flexibility index (Phi) is 9.38. The van der Waals surface area contributed by atoms with Gasteiger partial charge in [0, 0.05) is 24.8 Å². The van der Waals surface area contributed by atoms with Crippen molar-refractivity contribution in [2.45, 2.75) is 58.7 Å². The average Bonchev–Trinajstić information content (AvgIpc) is 2.96. The molecule has 0 aromatic heterocycles. The van der Waals surface area contributed by atoms with Crippen LogP contribution >= 0.6 is 0 Å². The topological polar surface area (TPSA) is 67.9 Å². The molecule has 1 fully saturated rings. The van der Waals surface area contributed by atoms with Gasteiger partial charge in [0.2, 0.25) is 10.0 Å². The van der Waals surface area contributed by atoms with Gasteiger partial charge in [-0.05, 0) is 91.6 Å². The fourth-order valence-corrected chi connectivity index (χ4v) is 6.10. The Labute approximate surface area is 250 Å². The summed E-state index contributed by atoms with van der Waals surface area (Å²) in [4.78, 5) is 2.26. The first-order chi connectivity index (χ1) is 20.2. The lowest BCUT2D eigenvalue weighted by Gasteiger charge is -2.28. The van der Waals surface area contributed by atoms with Crippen LogP contribution in [0.2, 0.25) is 0 Å². The number of sulfonamides is 1. The summed E-state index contributed by atoms with van der Waals surface area (Å²) >= 11 is 0. The predicted molar refractivity (Wildman–Crippen MR) is 171 cm³/mol. The minimum absolute atomic E-state index is 0.279. The highest BCUT2D eigenvalue weighted by Gasteiger charge is 2.20. The summed E-state index contributed by atoms with van der Waals surface area (Å²) in [6.07, 6.45) is 6.10. The molecule has 0 spiro atoms. The van der Waals surface area contributed by atoms with E-state index in [1.165, 1.54) is 24.7 Å². The summed E-state index contributed by atoms with van der Waals surface area (Å²) < 4.78 is 39.0. The number of anilines is 2. The Morgan fingerprint density at radius 3 is 2.10 bits per heavy atom. The zero-order valence-electron chi connectivity index (χ0n) is 24.6. The van der Waals surface area contributed by atoms with E-state index in [0.29, 0.717) is 18.8 Å². The molecule has 0 radical (unpaired) electrons. The van der Waals surface area contributed by atoms with Crippen molar-refractivity contribution in [1.29, 1.82) is 0 Å². The minimum atomic E-state index is -3.39. The third-order valence-electron chi connectivity index (χ3n) is 7.76. The van der Waals surface area contributed by atoms with Gasteiger partial charge in [-0.1, -0.05) is 61.5 Å². The summed E-state index contributed by atoms with van der Waals surface area (Å²) in [6, 6.07) is 32.0. The van der Waals surface area contributed by atoms with Gasteiger partial charge >= 0.3 is 0 Å². The van der Waals surface area contributed by atoms with Crippen LogP contribution in [0.3, 0.4) is 0 Å². The third-order valence-corrected chi connectivity index (χ3v) is 8.35. The monoisotopic (exact) mass is 584 g/mol. The summed E-state index contributed by atoms with van der Waals surface area (Å²) in [6.45, 7) is 5.58. The second-order valence-electron chi connectivity index (χ2n) is 11.4. The molecule has 1 saturated carbocycles. The first-order valence-electron chi connectivity index (χ1n) is 14.6. The third kappa shape index (κ3) is 8.29. The molecule has 220 valence electrons. The van der Waals surface area contributed by atoms with Crippen molar-refractivity contribution in [2.24, 2.45) is 5.92 Å². The lowest BCUT2D eigenvalue weighted by Crippen LogP contribution is -2.23. The van der Waals surface area contributed by atoms with Gasteiger partial charge in [-0.25, -0.2) is 8.42 Å². The normalized spacial score (nSPS) is 16.9. The van der Waals surface area contributed by atoms with Crippen LogP contribution in [-0.4, -0.2) is 20.8 Å². The first kappa shape index (κ1) is 29.5. The van der Waals surface area contributed by atoms with Gasteiger partial charge in [0.25, 0.3) is 0 Å². The molecule has 42 heavy (non-hydrogen) atoms. The highest BCUT2D eigenvalue weighted by molar-refractivity contribution is 7.92. The highest BCUT2D eigenvalue weighted by atomic mass is 32.2. The van der Waals surface area contributed by atoms with Crippen molar-refractivity contribution < 1.29 is 17.9 Å². The molecular formula is C35H40N2O4S. The number of rotatable bonds is 11. The molecule has 0 bridgehead atoms.